The van der Waals surface area contributed by atoms with Gasteiger partial charge in [0.25, 0.3) is 0 Å². The zero-order valence-corrected chi connectivity index (χ0v) is 37.0. The van der Waals surface area contributed by atoms with Gasteiger partial charge in [-0.25, -0.2) is 13.8 Å². The summed E-state index contributed by atoms with van der Waals surface area (Å²) in [6.07, 6.45) is 1.95. The summed E-state index contributed by atoms with van der Waals surface area (Å²) in [6.45, 7) is -2.08. The average molecular weight is 1020 g/mol. The molecule has 0 N–H and O–H groups in total. The number of thiophene rings is 1. The van der Waals surface area contributed by atoms with Gasteiger partial charge in [-0.3, -0.25) is 4.98 Å². The number of hydrogen-bond acceptors (Lipinski definition) is 4. The predicted octanol–water partition coefficient (Wildman–Crippen LogP) is 12.8. The fourth-order valence-electron chi connectivity index (χ4n) is 7.01. The second kappa shape index (κ2) is 16.1. The summed E-state index contributed by atoms with van der Waals surface area (Å²) in [5, 5.41) is 4.12. The number of para-hydroxylation sites is 1. The minimum Gasteiger partial charge on any atom is 0 e. The fraction of sp³-hybridized carbons (Fsp3) is 0.0816. The second-order valence-corrected chi connectivity index (χ2v) is 26.5. The quantitative estimate of drug-likeness (QED) is 0.127. The molecule has 58 heavy (non-hydrogen) atoms. The molecule has 0 saturated heterocycles. The Balaban J connectivity index is 0.000000208. The van der Waals surface area contributed by atoms with Crippen LogP contribution in [0, 0.1) is 30.6 Å². The van der Waals surface area contributed by atoms with E-state index in [1.807, 2.05) is 77.5 Å². The van der Waals surface area contributed by atoms with Crippen molar-refractivity contribution in [1.82, 2.24) is 19.5 Å². The summed E-state index contributed by atoms with van der Waals surface area (Å²) >= 11 is -0.324. The van der Waals surface area contributed by atoms with Crippen LogP contribution in [-0.2, 0) is 20.1 Å². The van der Waals surface area contributed by atoms with E-state index in [4.69, 9.17) is 14.1 Å². The van der Waals surface area contributed by atoms with Crippen molar-refractivity contribution in [1.29, 1.82) is 0 Å². The predicted molar refractivity (Wildman–Crippen MR) is 235 cm³/mol. The van der Waals surface area contributed by atoms with Gasteiger partial charge in [-0.15, -0.1) is 18.2 Å². The first-order valence-electron chi connectivity index (χ1n) is 20.0. The van der Waals surface area contributed by atoms with Gasteiger partial charge in [-0.2, -0.15) is 11.3 Å². The molecule has 10 aromatic rings. The van der Waals surface area contributed by atoms with E-state index in [9.17, 15) is 4.39 Å². The van der Waals surface area contributed by atoms with Crippen LogP contribution in [0.15, 0.2) is 146 Å². The van der Waals surface area contributed by atoms with Gasteiger partial charge in [0.1, 0.15) is 16.5 Å². The fourth-order valence-corrected chi connectivity index (χ4v) is 10.3. The van der Waals surface area contributed by atoms with Gasteiger partial charge >= 0.3 is 110 Å². The third kappa shape index (κ3) is 7.53. The van der Waals surface area contributed by atoms with Crippen molar-refractivity contribution in [3.8, 4) is 39.6 Å². The first kappa shape index (κ1) is 35.8. The maximum atomic E-state index is 15.4. The van der Waals surface area contributed by atoms with Crippen LogP contribution in [0.1, 0.15) is 9.68 Å². The smallest absolute Gasteiger partial charge is 0 e. The van der Waals surface area contributed by atoms with Crippen molar-refractivity contribution in [3.63, 3.8) is 0 Å². The van der Waals surface area contributed by atoms with Crippen LogP contribution in [0.3, 0.4) is 0 Å². The molecule has 1 radical (unpaired) electrons. The van der Waals surface area contributed by atoms with Crippen molar-refractivity contribution in [2.75, 3.05) is 0 Å². The molecule has 0 aliphatic rings. The van der Waals surface area contributed by atoms with E-state index >= 15 is 4.39 Å². The molecule has 4 aromatic heterocycles. The van der Waals surface area contributed by atoms with E-state index in [1.54, 1.807) is 36.4 Å². The number of nitrogens with zero attached hydrogens (tertiary/aromatic N) is 4. The van der Waals surface area contributed by atoms with Crippen molar-refractivity contribution in [2.24, 2.45) is 0 Å². The molecule has 0 aliphatic carbocycles. The Kier molecular flexibility index (Phi) is 9.93. The Morgan fingerprint density at radius 1 is 0.724 bits per heavy atom. The molecular weight excluding hydrogens is 979 g/mol. The molecule has 0 saturated carbocycles. The second-order valence-electron chi connectivity index (χ2n) is 14.8. The molecule has 287 valence electrons. The minimum absolute atomic E-state index is 0. The van der Waals surface area contributed by atoms with Crippen molar-refractivity contribution >= 4 is 71.1 Å². The van der Waals surface area contributed by atoms with Gasteiger partial charge in [0.2, 0.25) is 0 Å². The molecule has 6 aromatic carbocycles. The van der Waals surface area contributed by atoms with Gasteiger partial charge in [-0.1, -0.05) is 65.5 Å². The summed E-state index contributed by atoms with van der Waals surface area (Å²) in [4.78, 5) is 15.0. The topological polar surface area (TPSA) is 43.6 Å². The van der Waals surface area contributed by atoms with Crippen molar-refractivity contribution in [3.05, 3.63) is 175 Å². The number of imidazole rings is 1. The van der Waals surface area contributed by atoms with Crippen LogP contribution >= 0.6 is 11.3 Å². The first-order chi connectivity index (χ1) is 28.8. The summed E-state index contributed by atoms with van der Waals surface area (Å²) in [7, 11) is 0. The number of rotatable bonds is 5. The van der Waals surface area contributed by atoms with E-state index in [-0.39, 0.29) is 31.7 Å². The number of hydrogen-bond donors (Lipinski definition) is 0. The summed E-state index contributed by atoms with van der Waals surface area (Å²) < 4.78 is 56.1. The van der Waals surface area contributed by atoms with E-state index < -0.39 is 20.1 Å². The summed E-state index contributed by atoms with van der Waals surface area (Å²) in [6, 6.07) is 49.0. The Hall–Kier alpha value is -5.38. The monoisotopic (exact) mass is 1020 g/mol. The third-order valence-corrected chi connectivity index (χ3v) is 15.4. The molecule has 4 heterocycles. The number of halogens is 2. The molecule has 0 fully saturated rings. The molecule has 9 heteroatoms. The van der Waals surface area contributed by atoms with Gasteiger partial charge in [0.05, 0.1) is 22.6 Å². The van der Waals surface area contributed by atoms with Crippen LogP contribution in [0.25, 0.3) is 81.7 Å². The van der Waals surface area contributed by atoms with Crippen LogP contribution in [0.5, 0.6) is 0 Å². The third-order valence-electron chi connectivity index (χ3n) is 10.0. The molecule has 4 nitrogen and oxygen atoms in total. The van der Waals surface area contributed by atoms with Crippen molar-refractivity contribution < 1.29 is 33.0 Å². The van der Waals surface area contributed by atoms with Crippen LogP contribution in [0.4, 0.5) is 8.78 Å². The Morgan fingerprint density at radius 3 is 2.28 bits per heavy atom. The van der Waals surface area contributed by atoms with Crippen LogP contribution in [-0.4, -0.2) is 32.8 Å². The normalized spacial score (nSPS) is 12.5. The number of pyridine rings is 2. The molecule has 0 amide bonds. The zero-order chi connectivity index (χ0) is 41.8. The van der Waals surface area contributed by atoms with Crippen molar-refractivity contribution in [2.45, 2.75) is 24.1 Å². The number of aromatic nitrogens is 4. The molecule has 0 aliphatic heterocycles. The maximum absolute atomic E-state index is 15.4. The first-order valence-corrected chi connectivity index (χ1v) is 26.6. The van der Waals surface area contributed by atoms with Gasteiger partial charge in [0, 0.05) is 31.4 Å². The SMILES string of the molecule is Fc1ccccc1-c1ccc2c(n1)sc1c(-c3nc4cccc(F)c4n3-c3ccc4ccccc4c3)[c-]ccc12.[2H]C([2H])([2H])c1c[c-]c(-c2cc[c]([Ge]([CH3])([CH3])[CH3])cn2)cc1.[Ir]. The molecule has 0 spiro atoms. The van der Waals surface area contributed by atoms with Gasteiger partial charge in [0.15, 0.2) is 0 Å². The molecule has 0 unspecified atom stereocenters. The standard InChI is InChI=1S/C34H18F2N3S.C15H18GeN.Ir/c35-27-12-4-3-9-25(27)29-18-17-24-23-10-5-11-26(32(23)40-34(24)38-29)33-37-30-14-6-13-28(36)31(30)39(33)22-16-15-20-7-1-2-8-21(20)19-22;1-12-5-7-13(8-6-12)15-10-9-14(11-17-15)16(2,3)4;/h1-10,12-19H;5-7,9-11H,1-4H3;/q2*-1;/i;1D3;. The Bertz CT molecular complexity index is 3160. The van der Waals surface area contributed by atoms with Gasteiger partial charge < -0.3 is 4.57 Å². The van der Waals surface area contributed by atoms with Crippen LogP contribution in [0.2, 0.25) is 17.3 Å². The largest absolute Gasteiger partial charge is 0 e. The maximum Gasteiger partial charge on any atom is 0 e. The summed E-state index contributed by atoms with van der Waals surface area (Å²) in [5.41, 5.74) is 5.56. The van der Waals surface area contributed by atoms with E-state index in [0.717, 1.165) is 53.6 Å². The molecule has 0 bridgehead atoms. The van der Waals surface area contributed by atoms with Gasteiger partial charge in [-0.05, 0) is 63.3 Å². The zero-order valence-electron chi connectivity index (χ0n) is 34.6. The van der Waals surface area contributed by atoms with E-state index in [0.29, 0.717) is 33.7 Å². The number of fused-ring (bicyclic) bond motifs is 5. The van der Waals surface area contributed by atoms with E-state index in [1.165, 1.54) is 33.9 Å². The molecular formula is C49H36F2GeIrN4S-2. The molecule has 0 atom stereocenters. The van der Waals surface area contributed by atoms with Crippen LogP contribution < -0.4 is 4.40 Å². The van der Waals surface area contributed by atoms with E-state index in [2.05, 4.69) is 52.6 Å². The average Bonchev–Trinajstić information content (AvgIpc) is 3.83. The number of benzene rings is 6. The Labute approximate surface area is 360 Å². The molecule has 10 rings (SSSR count). The summed E-state index contributed by atoms with van der Waals surface area (Å²) in [5.74, 6) is 6.93. The number of aryl methyl sites for hydroxylation is 1. The minimum atomic E-state index is -2.08. The Morgan fingerprint density at radius 2 is 1.52 bits per heavy atom.